The lowest BCUT2D eigenvalue weighted by atomic mass is 9.32. The van der Waals surface area contributed by atoms with E-state index in [2.05, 4.69) is 58.1 Å². The number of aryl methyl sites for hydroxylation is 3. The number of hydrogen-bond acceptors (Lipinski definition) is 8. The summed E-state index contributed by atoms with van der Waals surface area (Å²) >= 11 is 0. The molecule has 58 heavy (non-hydrogen) atoms. The fourth-order valence-electron chi connectivity index (χ4n) is 15.0. The number of carbonyl (C=O) groups is 4. The van der Waals surface area contributed by atoms with Crippen molar-refractivity contribution >= 4 is 23.8 Å². The van der Waals surface area contributed by atoms with E-state index in [1.54, 1.807) is 11.9 Å². The molecule has 0 aromatic carbocycles. The second kappa shape index (κ2) is 15.0. The summed E-state index contributed by atoms with van der Waals surface area (Å²) in [6.45, 7) is 27.3. The minimum absolute atomic E-state index is 0.0681. The van der Waals surface area contributed by atoms with Gasteiger partial charge in [0.2, 0.25) is 11.8 Å². The molecule has 2 heterocycles. The van der Waals surface area contributed by atoms with Crippen LogP contribution in [-0.4, -0.2) is 82.4 Å². The predicted octanol–water partition coefficient (Wildman–Crippen LogP) is 8.60. The lowest BCUT2D eigenvalue weighted by Crippen LogP contribution is -2.67. The van der Waals surface area contributed by atoms with Crippen molar-refractivity contribution < 1.29 is 28.7 Å². The lowest BCUT2D eigenvalue weighted by molar-refractivity contribution is -0.251. The van der Waals surface area contributed by atoms with Crippen LogP contribution in [0.5, 0.6) is 0 Å². The van der Waals surface area contributed by atoms with Crippen LogP contribution in [0.3, 0.4) is 0 Å². The van der Waals surface area contributed by atoms with E-state index < -0.39 is 6.04 Å². The number of hydrogen-bond donors (Lipinski definition) is 0. The summed E-state index contributed by atoms with van der Waals surface area (Å²) in [5, 5.41) is 0. The first-order valence-corrected chi connectivity index (χ1v) is 22.5. The van der Waals surface area contributed by atoms with Crippen LogP contribution in [0.25, 0.3) is 0 Å². The SMILES string of the molecule is C=C(C)[C@@H]1CC[C@]2(COC(=O)c3nc(C)c(C)nc3C)CC[C@]3(C)[C@H](CC[C@@H]4[C@@]5(C)CC[C@H](OC(=O)CN(C)C(=O)[C@@H]6CCCN6C(C)=O)C(C)(C)[C@@H]5CC[C@]43C)[C@@H]12. The van der Waals surface area contributed by atoms with Gasteiger partial charge in [0.15, 0.2) is 5.69 Å². The van der Waals surface area contributed by atoms with Gasteiger partial charge in [-0.1, -0.05) is 46.8 Å². The first kappa shape index (κ1) is 42.8. The summed E-state index contributed by atoms with van der Waals surface area (Å²) in [6, 6.07) is -0.498. The molecule has 0 unspecified atom stereocenters. The van der Waals surface area contributed by atoms with Crippen molar-refractivity contribution in [2.24, 2.45) is 56.7 Å². The van der Waals surface area contributed by atoms with Crippen molar-refractivity contribution in [3.05, 3.63) is 34.9 Å². The molecule has 2 amide bonds. The lowest BCUT2D eigenvalue weighted by Gasteiger charge is -2.73. The molecule has 320 valence electrons. The van der Waals surface area contributed by atoms with Gasteiger partial charge in [-0.2, -0.15) is 0 Å². The van der Waals surface area contributed by atoms with Gasteiger partial charge in [0, 0.05) is 31.3 Å². The third kappa shape index (κ3) is 6.64. The normalized spacial score (nSPS) is 38.7. The average Bonchev–Trinajstić information content (AvgIpc) is 3.80. The smallest absolute Gasteiger partial charge is 0.358 e. The minimum Gasteiger partial charge on any atom is -0.460 e. The fourth-order valence-corrected chi connectivity index (χ4v) is 15.0. The van der Waals surface area contributed by atoms with E-state index in [0.717, 1.165) is 69.2 Å². The summed E-state index contributed by atoms with van der Waals surface area (Å²) in [5.41, 5.74) is 3.92. The van der Waals surface area contributed by atoms with Crippen LogP contribution in [0.15, 0.2) is 12.2 Å². The molecule has 5 saturated carbocycles. The van der Waals surface area contributed by atoms with Gasteiger partial charge in [0.05, 0.1) is 23.7 Å². The number of esters is 2. The van der Waals surface area contributed by atoms with Crippen molar-refractivity contribution in [1.82, 2.24) is 19.8 Å². The van der Waals surface area contributed by atoms with Crippen LogP contribution >= 0.6 is 0 Å². The summed E-state index contributed by atoms with van der Waals surface area (Å²) in [7, 11) is 1.65. The van der Waals surface area contributed by atoms with E-state index in [1.165, 1.54) is 30.2 Å². The molecule has 0 N–H and O–H groups in total. The molecule has 6 aliphatic rings. The number of allylic oxidation sites excluding steroid dienone is 1. The van der Waals surface area contributed by atoms with E-state index in [0.29, 0.717) is 60.5 Å². The predicted molar refractivity (Wildman–Crippen MR) is 223 cm³/mol. The highest BCUT2D eigenvalue weighted by molar-refractivity contribution is 5.89. The second-order valence-corrected chi connectivity index (χ2v) is 21.4. The molecule has 10 nitrogen and oxygen atoms in total. The highest BCUT2D eigenvalue weighted by Crippen LogP contribution is 2.77. The highest BCUT2D eigenvalue weighted by atomic mass is 16.5. The van der Waals surface area contributed by atoms with Gasteiger partial charge < -0.3 is 19.3 Å². The molecule has 1 aromatic heterocycles. The molecule has 10 heteroatoms. The summed E-state index contributed by atoms with van der Waals surface area (Å²) in [6.07, 6.45) is 12.0. The molecule has 0 radical (unpaired) electrons. The van der Waals surface area contributed by atoms with E-state index in [4.69, 9.17) is 9.47 Å². The number of fused-ring (bicyclic) bond motifs is 7. The summed E-state index contributed by atoms with van der Waals surface area (Å²) in [5.74, 6) is 1.30. The van der Waals surface area contributed by atoms with Crippen molar-refractivity contribution in [3.8, 4) is 0 Å². The Morgan fingerprint density at radius 3 is 2.21 bits per heavy atom. The average molecular weight is 801 g/mol. The van der Waals surface area contributed by atoms with Crippen LogP contribution in [0.4, 0.5) is 0 Å². The zero-order valence-electron chi connectivity index (χ0n) is 37.6. The van der Waals surface area contributed by atoms with Crippen LogP contribution in [0.2, 0.25) is 0 Å². The van der Waals surface area contributed by atoms with Gasteiger partial charge in [-0.05, 0) is 151 Å². The quantitative estimate of drug-likeness (QED) is 0.190. The maximum Gasteiger partial charge on any atom is 0.358 e. The number of nitrogens with zero attached hydrogens (tertiary/aromatic N) is 4. The molecule has 1 aliphatic heterocycles. The molecule has 6 fully saturated rings. The Labute approximate surface area is 348 Å². The van der Waals surface area contributed by atoms with E-state index >= 15 is 0 Å². The molecule has 0 bridgehead atoms. The maximum atomic E-state index is 13.6. The number of likely N-dealkylation sites (N-methyl/N-ethyl adjacent to an activating group) is 1. The summed E-state index contributed by atoms with van der Waals surface area (Å²) in [4.78, 5) is 64.8. The standard InChI is InChI=1S/C48H72N4O6/c1-28(2)33-17-22-48(27-57-43(56)41-31(5)49-29(3)30(4)50-41)24-23-46(10)34(40(33)48)15-16-37-45(9)20-19-38(44(7,8)36(45)18-21-47(37,46)11)58-39(54)26-51(12)42(55)35-14-13-25-52(35)32(6)53/h33-38,40H,1,13-27H2,2-12H3/t33-,34+,35-,36-,37+,38-,40+,45-,46+,47+,48+/m0/s1. The molecule has 1 saturated heterocycles. The molecule has 7 rings (SSSR count). The molecular formula is C48H72N4O6. The Morgan fingerprint density at radius 2 is 1.52 bits per heavy atom. The van der Waals surface area contributed by atoms with E-state index in [-0.39, 0.29) is 63.5 Å². The van der Waals surface area contributed by atoms with Crippen molar-refractivity contribution in [2.45, 2.75) is 158 Å². The number of likely N-dealkylation sites (tertiary alicyclic amines) is 1. The van der Waals surface area contributed by atoms with Crippen molar-refractivity contribution in [2.75, 3.05) is 26.7 Å². The first-order chi connectivity index (χ1) is 27.1. The Morgan fingerprint density at radius 1 is 0.810 bits per heavy atom. The monoisotopic (exact) mass is 801 g/mol. The zero-order valence-corrected chi connectivity index (χ0v) is 37.6. The van der Waals surface area contributed by atoms with E-state index in [1.807, 2.05) is 20.8 Å². The van der Waals surface area contributed by atoms with Gasteiger partial charge in [-0.25, -0.2) is 9.78 Å². The molecule has 5 aliphatic carbocycles. The van der Waals surface area contributed by atoms with Crippen LogP contribution in [-0.2, 0) is 23.9 Å². The zero-order chi connectivity index (χ0) is 42.3. The third-order valence-corrected chi connectivity index (χ3v) is 18.3. The highest BCUT2D eigenvalue weighted by Gasteiger charge is 2.71. The Bertz CT molecular complexity index is 1860. The summed E-state index contributed by atoms with van der Waals surface area (Å²) < 4.78 is 12.6. The fraction of sp³-hybridized carbons (Fsp3) is 0.792. The molecule has 1 aromatic rings. The Balaban J connectivity index is 1.07. The van der Waals surface area contributed by atoms with Crippen LogP contribution in [0, 0.1) is 77.4 Å². The van der Waals surface area contributed by atoms with Gasteiger partial charge in [0.1, 0.15) is 18.7 Å². The largest absolute Gasteiger partial charge is 0.460 e. The van der Waals surface area contributed by atoms with Crippen molar-refractivity contribution in [1.29, 1.82) is 0 Å². The van der Waals surface area contributed by atoms with Crippen LogP contribution in [0.1, 0.15) is 153 Å². The number of aromatic nitrogens is 2. The Hall–Kier alpha value is -3.30. The number of ether oxygens (including phenoxy) is 2. The van der Waals surface area contributed by atoms with Gasteiger partial charge in [-0.15, -0.1) is 0 Å². The molecule has 11 atom stereocenters. The molecule has 0 spiro atoms. The second-order valence-electron chi connectivity index (χ2n) is 21.4. The van der Waals surface area contributed by atoms with Gasteiger partial charge in [0.25, 0.3) is 0 Å². The first-order valence-electron chi connectivity index (χ1n) is 22.5. The minimum atomic E-state index is -0.498. The maximum absolute atomic E-state index is 13.6. The topological polar surface area (TPSA) is 119 Å². The van der Waals surface area contributed by atoms with Gasteiger partial charge in [-0.3, -0.25) is 19.4 Å². The van der Waals surface area contributed by atoms with Crippen LogP contribution < -0.4 is 0 Å². The van der Waals surface area contributed by atoms with E-state index in [9.17, 15) is 19.2 Å². The van der Waals surface area contributed by atoms with Crippen molar-refractivity contribution in [3.63, 3.8) is 0 Å². The molecular weight excluding hydrogens is 729 g/mol. The third-order valence-electron chi connectivity index (χ3n) is 18.3. The number of carbonyl (C=O) groups excluding carboxylic acids is 4. The Kier molecular flexibility index (Phi) is 11.1. The van der Waals surface area contributed by atoms with Gasteiger partial charge >= 0.3 is 11.9 Å². The number of rotatable bonds is 8. The number of amides is 2.